The van der Waals surface area contributed by atoms with Crippen molar-refractivity contribution in [3.63, 3.8) is 0 Å². The Balaban J connectivity index is 1.90. The van der Waals surface area contributed by atoms with Gasteiger partial charge in [0.1, 0.15) is 0 Å². The molecule has 1 saturated heterocycles. The van der Waals surface area contributed by atoms with Crippen molar-refractivity contribution in [2.75, 3.05) is 13.1 Å². The summed E-state index contributed by atoms with van der Waals surface area (Å²) in [4.78, 5) is 13.9. The molecule has 2 unspecified atom stereocenters. The van der Waals surface area contributed by atoms with Crippen LogP contribution in [0.5, 0.6) is 0 Å². The summed E-state index contributed by atoms with van der Waals surface area (Å²) in [5.41, 5.74) is 1.19. The van der Waals surface area contributed by atoms with Crippen LogP contribution in [-0.2, 0) is 4.79 Å². The third-order valence-corrected chi connectivity index (χ3v) is 4.06. The van der Waals surface area contributed by atoms with Gasteiger partial charge in [0.15, 0.2) is 0 Å². The fourth-order valence-corrected chi connectivity index (χ4v) is 2.89. The number of halogens is 1. The molecule has 0 saturated carbocycles. The Morgan fingerprint density at radius 1 is 1.40 bits per heavy atom. The van der Waals surface area contributed by atoms with E-state index in [2.05, 4.69) is 18.3 Å². The first-order valence-electron chi connectivity index (χ1n) is 7.27. The number of hydrogen-bond donors (Lipinski definition) is 1. The van der Waals surface area contributed by atoms with Crippen LogP contribution in [0, 0.1) is 5.92 Å². The zero-order chi connectivity index (χ0) is 14.7. The maximum absolute atomic E-state index is 12.0. The lowest BCUT2D eigenvalue weighted by molar-refractivity contribution is -0.133. The molecule has 1 N–H and O–H groups in total. The van der Waals surface area contributed by atoms with Gasteiger partial charge in [-0.15, -0.1) is 0 Å². The molecule has 1 amide bonds. The van der Waals surface area contributed by atoms with Gasteiger partial charge in [-0.2, -0.15) is 0 Å². The normalized spacial score (nSPS) is 20.4. The first-order valence-corrected chi connectivity index (χ1v) is 7.65. The van der Waals surface area contributed by atoms with Crippen molar-refractivity contribution in [2.45, 2.75) is 39.3 Å². The van der Waals surface area contributed by atoms with Gasteiger partial charge in [0.25, 0.3) is 0 Å². The molecule has 20 heavy (non-hydrogen) atoms. The Hall–Kier alpha value is -1.06. The second-order valence-electron chi connectivity index (χ2n) is 5.87. The number of carbonyl (C=O) groups excluding carboxylic acids is 1. The van der Waals surface area contributed by atoms with Gasteiger partial charge < -0.3 is 10.2 Å². The lowest BCUT2D eigenvalue weighted by atomic mass is 10.1. The number of rotatable bonds is 4. The Labute approximate surface area is 126 Å². The van der Waals surface area contributed by atoms with Gasteiger partial charge in [-0.25, -0.2) is 0 Å². The predicted octanol–water partition coefficient (Wildman–Crippen LogP) is 3.25. The molecule has 1 aromatic rings. The van der Waals surface area contributed by atoms with E-state index in [0.29, 0.717) is 6.04 Å². The van der Waals surface area contributed by atoms with Gasteiger partial charge in [0, 0.05) is 36.1 Å². The highest BCUT2D eigenvalue weighted by Gasteiger charge is 2.28. The van der Waals surface area contributed by atoms with E-state index in [-0.39, 0.29) is 17.9 Å². The highest BCUT2D eigenvalue weighted by Crippen LogP contribution is 2.20. The van der Waals surface area contributed by atoms with E-state index in [9.17, 15) is 4.79 Å². The molecule has 3 nitrogen and oxygen atoms in total. The van der Waals surface area contributed by atoms with Crippen LogP contribution in [-0.4, -0.2) is 29.9 Å². The Morgan fingerprint density at radius 3 is 2.80 bits per heavy atom. The number of carbonyl (C=O) groups is 1. The molecule has 1 aromatic carbocycles. The number of hydrogen-bond acceptors (Lipinski definition) is 2. The van der Waals surface area contributed by atoms with E-state index < -0.39 is 0 Å². The highest BCUT2D eigenvalue weighted by atomic mass is 35.5. The van der Waals surface area contributed by atoms with Crippen LogP contribution in [0.1, 0.15) is 38.8 Å². The van der Waals surface area contributed by atoms with E-state index in [0.717, 1.165) is 24.5 Å². The molecule has 110 valence electrons. The van der Waals surface area contributed by atoms with Crippen LogP contribution >= 0.6 is 11.6 Å². The summed E-state index contributed by atoms with van der Waals surface area (Å²) in [7, 11) is 0. The third-order valence-electron chi connectivity index (χ3n) is 3.83. The van der Waals surface area contributed by atoms with Crippen molar-refractivity contribution in [3.8, 4) is 0 Å². The van der Waals surface area contributed by atoms with Crippen molar-refractivity contribution < 1.29 is 4.79 Å². The molecule has 0 aromatic heterocycles. The molecule has 1 fully saturated rings. The largest absolute Gasteiger partial charge is 0.341 e. The number of benzene rings is 1. The maximum Gasteiger partial charge on any atom is 0.225 e. The van der Waals surface area contributed by atoms with E-state index in [1.807, 2.05) is 36.9 Å². The van der Waals surface area contributed by atoms with Crippen molar-refractivity contribution >= 4 is 17.5 Å². The van der Waals surface area contributed by atoms with Crippen molar-refractivity contribution in [1.82, 2.24) is 10.2 Å². The lowest BCUT2D eigenvalue weighted by Gasteiger charge is -2.22. The summed E-state index contributed by atoms with van der Waals surface area (Å²) in [6.07, 6.45) is 1.02. The fourth-order valence-electron chi connectivity index (χ4n) is 2.69. The standard InChI is InChI=1S/C16H23ClN2O/c1-11(2)16(20)19-8-7-15(10-19)18-12(3)13-5-4-6-14(17)9-13/h4-6,9,11-12,15,18H,7-8,10H2,1-3H3. The highest BCUT2D eigenvalue weighted by molar-refractivity contribution is 6.30. The SMILES string of the molecule is CC(C)C(=O)N1CCC(NC(C)c2cccc(Cl)c2)C1. The minimum absolute atomic E-state index is 0.0825. The summed E-state index contributed by atoms with van der Waals surface area (Å²) < 4.78 is 0. The number of amides is 1. The van der Waals surface area contributed by atoms with Crippen molar-refractivity contribution in [2.24, 2.45) is 5.92 Å². The van der Waals surface area contributed by atoms with Gasteiger partial charge in [0.2, 0.25) is 5.91 Å². The Morgan fingerprint density at radius 2 is 2.15 bits per heavy atom. The molecule has 1 heterocycles. The number of nitrogens with one attached hydrogen (secondary N) is 1. The first-order chi connectivity index (χ1) is 9.47. The van der Waals surface area contributed by atoms with Crippen LogP contribution in [0.2, 0.25) is 5.02 Å². The van der Waals surface area contributed by atoms with Crippen LogP contribution in [0.25, 0.3) is 0 Å². The number of nitrogens with zero attached hydrogens (tertiary/aromatic N) is 1. The van der Waals surface area contributed by atoms with E-state index >= 15 is 0 Å². The topological polar surface area (TPSA) is 32.3 Å². The molecule has 0 bridgehead atoms. The minimum atomic E-state index is 0.0825. The van der Waals surface area contributed by atoms with E-state index in [4.69, 9.17) is 11.6 Å². The molecule has 0 radical (unpaired) electrons. The molecule has 1 aliphatic rings. The smallest absolute Gasteiger partial charge is 0.225 e. The molecule has 1 aliphatic heterocycles. The average molecular weight is 295 g/mol. The Bertz CT molecular complexity index is 475. The molecular weight excluding hydrogens is 272 g/mol. The Kier molecular flexibility index (Phi) is 5.06. The molecule has 2 rings (SSSR count). The van der Waals surface area contributed by atoms with Crippen LogP contribution in [0.3, 0.4) is 0 Å². The summed E-state index contributed by atoms with van der Waals surface area (Å²) in [6.45, 7) is 7.72. The van der Waals surface area contributed by atoms with E-state index in [1.165, 1.54) is 5.56 Å². The van der Waals surface area contributed by atoms with Gasteiger partial charge in [-0.3, -0.25) is 4.79 Å². The predicted molar refractivity (Wildman–Crippen MR) is 82.8 cm³/mol. The molecular formula is C16H23ClN2O. The lowest BCUT2D eigenvalue weighted by Crippen LogP contribution is -2.37. The summed E-state index contributed by atoms with van der Waals surface area (Å²) in [6, 6.07) is 8.54. The van der Waals surface area contributed by atoms with Crippen LogP contribution < -0.4 is 5.32 Å². The summed E-state index contributed by atoms with van der Waals surface area (Å²) in [5.74, 6) is 0.337. The maximum atomic E-state index is 12.0. The fraction of sp³-hybridized carbons (Fsp3) is 0.562. The zero-order valence-electron chi connectivity index (χ0n) is 12.4. The second-order valence-corrected chi connectivity index (χ2v) is 6.30. The van der Waals surface area contributed by atoms with Gasteiger partial charge in [-0.05, 0) is 31.0 Å². The van der Waals surface area contributed by atoms with Crippen LogP contribution in [0.15, 0.2) is 24.3 Å². The molecule has 4 heteroatoms. The molecule has 2 atom stereocenters. The van der Waals surface area contributed by atoms with Crippen molar-refractivity contribution in [1.29, 1.82) is 0 Å². The second kappa shape index (κ2) is 6.59. The van der Waals surface area contributed by atoms with Gasteiger partial charge in [-0.1, -0.05) is 37.6 Å². The number of likely N-dealkylation sites (tertiary alicyclic amines) is 1. The average Bonchev–Trinajstić information content (AvgIpc) is 2.86. The van der Waals surface area contributed by atoms with E-state index in [1.54, 1.807) is 0 Å². The quantitative estimate of drug-likeness (QED) is 0.924. The first kappa shape index (κ1) is 15.3. The van der Waals surface area contributed by atoms with Gasteiger partial charge >= 0.3 is 0 Å². The summed E-state index contributed by atoms with van der Waals surface area (Å²) >= 11 is 6.02. The zero-order valence-corrected chi connectivity index (χ0v) is 13.2. The molecule has 0 spiro atoms. The van der Waals surface area contributed by atoms with Gasteiger partial charge in [0.05, 0.1) is 0 Å². The van der Waals surface area contributed by atoms with Crippen LogP contribution in [0.4, 0.5) is 0 Å². The van der Waals surface area contributed by atoms with Crippen molar-refractivity contribution in [3.05, 3.63) is 34.9 Å². The monoisotopic (exact) mass is 294 g/mol. The summed E-state index contributed by atoms with van der Waals surface area (Å²) in [5, 5.41) is 4.36. The third kappa shape index (κ3) is 3.74. The molecule has 0 aliphatic carbocycles. The minimum Gasteiger partial charge on any atom is -0.341 e.